The Balaban J connectivity index is 1.94. The molecule has 2 heterocycles. The first-order chi connectivity index (χ1) is 12.4. The average Bonchev–Trinajstić information content (AvgIpc) is 3.03. The normalized spacial score (nSPS) is 11.3. The fraction of sp³-hybridized carbons (Fsp3) is 0.133. The summed E-state index contributed by atoms with van der Waals surface area (Å²) in [5.74, 6) is 1.25. The molecule has 0 unspecified atom stereocenters. The maximum atomic E-state index is 12.2. The molecule has 0 fully saturated rings. The van der Waals surface area contributed by atoms with Crippen LogP contribution in [-0.2, 0) is 17.1 Å². The fourth-order valence-electron chi connectivity index (χ4n) is 2.17. The minimum Gasteiger partial charge on any atom is -0.338 e. The Bertz CT molecular complexity index is 1040. The van der Waals surface area contributed by atoms with Gasteiger partial charge in [0.2, 0.25) is 16.0 Å². The molecule has 136 valence electrons. The molecule has 3 rings (SSSR count). The summed E-state index contributed by atoms with van der Waals surface area (Å²) < 4.78 is 28.3. The summed E-state index contributed by atoms with van der Waals surface area (Å²) in [6.07, 6.45) is 3.06. The van der Waals surface area contributed by atoms with Crippen LogP contribution in [0.5, 0.6) is 0 Å². The molecule has 9 nitrogen and oxygen atoms in total. The molecule has 2 aromatic heterocycles. The van der Waals surface area contributed by atoms with E-state index < -0.39 is 10.0 Å². The van der Waals surface area contributed by atoms with Crippen LogP contribution in [0.4, 0.5) is 23.3 Å². The quantitative estimate of drug-likeness (QED) is 0.588. The number of aryl methyl sites for hydroxylation is 1. The van der Waals surface area contributed by atoms with Crippen LogP contribution in [-0.4, -0.2) is 35.2 Å². The van der Waals surface area contributed by atoms with E-state index in [0.29, 0.717) is 11.5 Å². The Morgan fingerprint density at radius 1 is 1.15 bits per heavy atom. The van der Waals surface area contributed by atoms with Gasteiger partial charge >= 0.3 is 0 Å². The Hall–Kier alpha value is -2.69. The van der Waals surface area contributed by atoms with Crippen molar-refractivity contribution in [1.29, 1.82) is 0 Å². The highest BCUT2D eigenvalue weighted by molar-refractivity contribution is 7.89. The SMILES string of the molecule is CNS(=O)(=O)c1ccccc1Nc1nc(Nc2ccnn2C)ncc1Cl. The molecule has 0 bridgehead atoms. The number of halogens is 1. The van der Waals surface area contributed by atoms with Crippen molar-refractivity contribution in [3.05, 3.63) is 47.7 Å². The average molecular weight is 394 g/mol. The van der Waals surface area contributed by atoms with E-state index in [2.05, 4.69) is 30.4 Å². The maximum Gasteiger partial charge on any atom is 0.242 e. The molecule has 0 amide bonds. The van der Waals surface area contributed by atoms with E-state index in [0.717, 1.165) is 0 Å². The van der Waals surface area contributed by atoms with Gasteiger partial charge in [-0.2, -0.15) is 10.1 Å². The zero-order chi connectivity index (χ0) is 18.7. The Morgan fingerprint density at radius 3 is 2.62 bits per heavy atom. The number of rotatable bonds is 6. The second-order valence-corrected chi connectivity index (χ2v) is 7.45. The van der Waals surface area contributed by atoms with E-state index in [4.69, 9.17) is 11.6 Å². The molecule has 0 aliphatic rings. The first-order valence-corrected chi connectivity index (χ1v) is 9.34. The summed E-state index contributed by atoms with van der Waals surface area (Å²) >= 11 is 6.16. The van der Waals surface area contributed by atoms with Crippen molar-refractivity contribution < 1.29 is 8.42 Å². The third-order valence-electron chi connectivity index (χ3n) is 3.50. The molecular formula is C15H16ClN7O2S. The Morgan fingerprint density at radius 2 is 1.92 bits per heavy atom. The number of para-hydroxylation sites is 1. The first-order valence-electron chi connectivity index (χ1n) is 7.48. The summed E-state index contributed by atoms with van der Waals surface area (Å²) in [4.78, 5) is 8.51. The fourth-order valence-corrected chi connectivity index (χ4v) is 3.19. The van der Waals surface area contributed by atoms with Crippen molar-refractivity contribution in [3.63, 3.8) is 0 Å². The van der Waals surface area contributed by atoms with E-state index in [1.807, 2.05) is 0 Å². The summed E-state index contributed by atoms with van der Waals surface area (Å²) in [6, 6.07) is 8.21. The van der Waals surface area contributed by atoms with Gasteiger partial charge in [0.15, 0.2) is 5.82 Å². The third kappa shape index (κ3) is 3.77. The van der Waals surface area contributed by atoms with Crippen molar-refractivity contribution in [2.45, 2.75) is 4.90 Å². The Labute approximate surface area is 155 Å². The maximum absolute atomic E-state index is 12.2. The smallest absolute Gasteiger partial charge is 0.242 e. The number of hydrogen-bond acceptors (Lipinski definition) is 7. The van der Waals surface area contributed by atoms with Gasteiger partial charge in [0, 0.05) is 13.1 Å². The molecule has 0 atom stereocenters. The van der Waals surface area contributed by atoms with E-state index >= 15 is 0 Å². The van der Waals surface area contributed by atoms with Gasteiger partial charge in [-0.25, -0.2) is 18.1 Å². The molecule has 0 aliphatic carbocycles. The van der Waals surface area contributed by atoms with Crippen LogP contribution in [0.3, 0.4) is 0 Å². The van der Waals surface area contributed by atoms with Crippen molar-refractivity contribution in [2.24, 2.45) is 7.05 Å². The lowest BCUT2D eigenvalue weighted by molar-refractivity contribution is 0.588. The molecule has 11 heteroatoms. The first kappa shape index (κ1) is 18.1. The highest BCUT2D eigenvalue weighted by Gasteiger charge is 2.17. The molecule has 1 aromatic carbocycles. The Kier molecular flexibility index (Phi) is 5.07. The van der Waals surface area contributed by atoms with Crippen LogP contribution in [0, 0.1) is 0 Å². The van der Waals surface area contributed by atoms with Crippen LogP contribution in [0.25, 0.3) is 0 Å². The summed E-state index contributed by atoms with van der Waals surface area (Å²) in [6.45, 7) is 0. The lowest BCUT2D eigenvalue weighted by Crippen LogP contribution is -2.19. The van der Waals surface area contributed by atoms with Crippen LogP contribution in [0.15, 0.2) is 47.6 Å². The van der Waals surface area contributed by atoms with Gasteiger partial charge in [0.25, 0.3) is 0 Å². The standard InChI is InChI=1S/C15H16ClN7O2S/c1-17-26(24,25)12-6-4-3-5-11(12)20-14-10(16)9-18-15(22-14)21-13-7-8-19-23(13)2/h3-9,17H,1-2H3,(H2,18,20,21,22). The summed E-state index contributed by atoms with van der Waals surface area (Å²) in [5, 5.41) is 10.3. The molecule has 3 aromatic rings. The zero-order valence-corrected chi connectivity index (χ0v) is 15.5. The number of hydrogen-bond donors (Lipinski definition) is 3. The van der Waals surface area contributed by atoms with Crippen LogP contribution in [0.2, 0.25) is 5.02 Å². The van der Waals surface area contributed by atoms with Gasteiger partial charge in [-0.15, -0.1) is 0 Å². The second kappa shape index (κ2) is 7.28. The highest BCUT2D eigenvalue weighted by atomic mass is 35.5. The molecule has 0 saturated heterocycles. The zero-order valence-electron chi connectivity index (χ0n) is 13.9. The number of aromatic nitrogens is 4. The molecule has 0 aliphatic heterocycles. The number of nitrogens with one attached hydrogen (secondary N) is 3. The van der Waals surface area contributed by atoms with Gasteiger partial charge in [-0.05, 0) is 19.2 Å². The number of nitrogens with zero attached hydrogens (tertiary/aromatic N) is 4. The lowest BCUT2D eigenvalue weighted by Gasteiger charge is -2.13. The van der Waals surface area contributed by atoms with Gasteiger partial charge in [-0.3, -0.25) is 4.68 Å². The van der Waals surface area contributed by atoms with Crippen molar-refractivity contribution in [2.75, 3.05) is 17.7 Å². The summed E-state index contributed by atoms with van der Waals surface area (Å²) in [5.41, 5.74) is 0.342. The van der Waals surface area contributed by atoms with Crippen LogP contribution < -0.4 is 15.4 Å². The largest absolute Gasteiger partial charge is 0.338 e. The third-order valence-corrected chi connectivity index (χ3v) is 5.25. The van der Waals surface area contributed by atoms with E-state index in [1.165, 1.54) is 19.3 Å². The monoisotopic (exact) mass is 393 g/mol. The van der Waals surface area contributed by atoms with Gasteiger partial charge in [0.05, 0.1) is 18.1 Å². The number of anilines is 4. The topological polar surface area (TPSA) is 114 Å². The number of benzene rings is 1. The summed E-state index contributed by atoms with van der Waals surface area (Å²) in [7, 11) is -0.524. The lowest BCUT2D eigenvalue weighted by atomic mass is 10.3. The van der Waals surface area contributed by atoms with E-state index in [1.54, 1.807) is 42.2 Å². The minimum absolute atomic E-state index is 0.0818. The van der Waals surface area contributed by atoms with E-state index in [-0.39, 0.29) is 21.7 Å². The van der Waals surface area contributed by atoms with Crippen molar-refractivity contribution in [3.8, 4) is 0 Å². The second-order valence-electron chi connectivity index (χ2n) is 5.18. The molecule has 0 radical (unpaired) electrons. The molecule has 0 saturated carbocycles. The molecular weight excluding hydrogens is 378 g/mol. The minimum atomic E-state index is -3.64. The van der Waals surface area contributed by atoms with Crippen LogP contribution >= 0.6 is 11.6 Å². The molecule has 26 heavy (non-hydrogen) atoms. The van der Waals surface area contributed by atoms with Gasteiger partial charge < -0.3 is 10.6 Å². The highest BCUT2D eigenvalue weighted by Crippen LogP contribution is 2.28. The predicted octanol–water partition coefficient (Wildman–Crippen LogP) is 2.26. The van der Waals surface area contributed by atoms with E-state index in [9.17, 15) is 8.42 Å². The van der Waals surface area contributed by atoms with Crippen molar-refractivity contribution in [1.82, 2.24) is 24.5 Å². The van der Waals surface area contributed by atoms with Crippen LogP contribution in [0.1, 0.15) is 0 Å². The molecule has 0 spiro atoms. The van der Waals surface area contributed by atoms with Gasteiger partial charge in [-0.1, -0.05) is 23.7 Å². The van der Waals surface area contributed by atoms with Gasteiger partial charge in [0.1, 0.15) is 15.7 Å². The van der Waals surface area contributed by atoms with Crippen molar-refractivity contribution >= 4 is 44.9 Å². The predicted molar refractivity (Wildman–Crippen MR) is 99.5 cm³/mol. The molecule has 3 N–H and O–H groups in total. The number of sulfonamides is 1.